The number of carboxylic acids is 1. The average Bonchev–Trinajstić information content (AvgIpc) is 3.17. The van der Waals surface area contributed by atoms with Gasteiger partial charge in [0.25, 0.3) is 5.69 Å². The molecule has 0 atom stereocenters. The first kappa shape index (κ1) is 18.9. The number of phenolic OH excluding ortho intramolecular Hbond substituents is 1. The van der Waals surface area contributed by atoms with Crippen molar-refractivity contribution >= 4 is 22.7 Å². The Hall–Kier alpha value is -4.47. The van der Waals surface area contributed by atoms with Gasteiger partial charge in [0.1, 0.15) is 0 Å². The Morgan fingerprint density at radius 1 is 1.13 bits per heavy atom. The molecule has 2 aromatic carbocycles. The first-order valence-corrected chi connectivity index (χ1v) is 8.63. The number of nitro benzene ring substituents is 1. The molecule has 0 fully saturated rings. The van der Waals surface area contributed by atoms with Crippen LogP contribution in [0.3, 0.4) is 0 Å². The Morgan fingerprint density at radius 2 is 1.83 bits per heavy atom. The predicted molar refractivity (Wildman–Crippen MR) is 107 cm³/mol. The lowest BCUT2D eigenvalue weighted by atomic mass is 10.0. The summed E-state index contributed by atoms with van der Waals surface area (Å²) in [5.41, 5.74) is 1.84. The fraction of sp³-hybridized carbons (Fsp3) is 0.0500. The van der Waals surface area contributed by atoms with Crippen LogP contribution in [0.4, 0.5) is 5.69 Å². The van der Waals surface area contributed by atoms with Crippen molar-refractivity contribution in [2.24, 2.45) is 0 Å². The van der Waals surface area contributed by atoms with E-state index in [1.807, 2.05) is 0 Å². The van der Waals surface area contributed by atoms with Gasteiger partial charge in [0.15, 0.2) is 17.1 Å². The number of pyridine rings is 1. The third kappa shape index (κ3) is 3.15. The minimum Gasteiger partial charge on any atom is -0.504 e. The van der Waals surface area contributed by atoms with Crippen LogP contribution in [-0.4, -0.2) is 43.4 Å². The standard InChI is InChI=1S/C20H14N4O6/c1-30-16-8-11(4-7-15(16)25)14-9-13(20(26)27)17-18(22-23-19(17)21-14)10-2-5-12(6-3-10)24(28)29/h2-9,25H,1H3,(H,26,27)(H,21,22,23). The number of ether oxygens (including phenoxy) is 1. The van der Waals surface area contributed by atoms with Crippen LogP contribution in [0.5, 0.6) is 11.5 Å². The fourth-order valence-electron chi connectivity index (χ4n) is 3.14. The molecule has 10 heteroatoms. The van der Waals surface area contributed by atoms with Crippen LogP contribution in [0.25, 0.3) is 33.5 Å². The van der Waals surface area contributed by atoms with Crippen molar-refractivity contribution in [2.75, 3.05) is 7.11 Å². The molecule has 150 valence electrons. The molecule has 3 N–H and O–H groups in total. The summed E-state index contributed by atoms with van der Waals surface area (Å²) in [7, 11) is 1.41. The lowest BCUT2D eigenvalue weighted by Gasteiger charge is -2.08. The van der Waals surface area contributed by atoms with Gasteiger partial charge in [-0.15, -0.1) is 0 Å². The highest BCUT2D eigenvalue weighted by molar-refractivity contribution is 6.08. The summed E-state index contributed by atoms with van der Waals surface area (Å²) in [6, 6.07) is 11.6. The maximum absolute atomic E-state index is 12.0. The zero-order valence-corrected chi connectivity index (χ0v) is 15.5. The van der Waals surface area contributed by atoms with Gasteiger partial charge in [-0.05, 0) is 36.4 Å². The lowest BCUT2D eigenvalue weighted by Crippen LogP contribution is -2.00. The largest absolute Gasteiger partial charge is 0.504 e. The average molecular weight is 406 g/mol. The number of aromatic nitrogens is 3. The van der Waals surface area contributed by atoms with Crippen LogP contribution in [0, 0.1) is 10.1 Å². The molecule has 0 spiro atoms. The second-order valence-electron chi connectivity index (χ2n) is 6.35. The molecule has 2 aromatic heterocycles. The van der Waals surface area contributed by atoms with Gasteiger partial charge in [-0.1, -0.05) is 0 Å². The smallest absolute Gasteiger partial charge is 0.336 e. The van der Waals surface area contributed by atoms with Gasteiger partial charge in [-0.25, -0.2) is 9.78 Å². The van der Waals surface area contributed by atoms with E-state index in [9.17, 15) is 25.1 Å². The minimum absolute atomic E-state index is 0.0378. The number of aromatic carboxylic acids is 1. The quantitative estimate of drug-likeness (QED) is 0.336. The number of carboxylic acid groups (broad SMARTS) is 1. The maximum Gasteiger partial charge on any atom is 0.336 e. The summed E-state index contributed by atoms with van der Waals surface area (Å²) in [5, 5.41) is 37.6. The number of aromatic amines is 1. The summed E-state index contributed by atoms with van der Waals surface area (Å²) in [5.74, 6) is -1.01. The normalized spacial score (nSPS) is 10.8. The second kappa shape index (κ2) is 7.17. The van der Waals surface area contributed by atoms with Crippen molar-refractivity contribution < 1.29 is 24.7 Å². The van der Waals surface area contributed by atoms with Crippen LogP contribution in [-0.2, 0) is 0 Å². The maximum atomic E-state index is 12.0. The number of phenols is 1. The molecule has 30 heavy (non-hydrogen) atoms. The van der Waals surface area contributed by atoms with E-state index in [4.69, 9.17) is 4.74 Å². The molecular formula is C20H14N4O6. The van der Waals surface area contributed by atoms with E-state index >= 15 is 0 Å². The Labute approximate surface area is 168 Å². The van der Waals surface area contributed by atoms with Crippen LogP contribution in [0.2, 0.25) is 0 Å². The Morgan fingerprint density at radius 3 is 2.47 bits per heavy atom. The molecule has 0 aliphatic heterocycles. The molecule has 0 aliphatic carbocycles. The number of rotatable bonds is 5. The van der Waals surface area contributed by atoms with E-state index < -0.39 is 10.9 Å². The molecule has 0 saturated heterocycles. The van der Waals surface area contributed by atoms with Crippen LogP contribution in [0.1, 0.15) is 10.4 Å². The van der Waals surface area contributed by atoms with Crippen molar-refractivity contribution in [2.45, 2.75) is 0 Å². The van der Waals surface area contributed by atoms with Gasteiger partial charge in [-0.2, -0.15) is 5.10 Å². The van der Waals surface area contributed by atoms with E-state index in [2.05, 4.69) is 15.2 Å². The summed E-state index contributed by atoms with van der Waals surface area (Å²) in [4.78, 5) is 26.8. The third-order valence-corrected chi connectivity index (χ3v) is 4.60. The Balaban J connectivity index is 1.89. The molecule has 0 unspecified atom stereocenters. The van der Waals surface area contributed by atoms with Gasteiger partial charge < -0.3 is 14.9 Å². The van der Waals surface area contributed by atoms with Crippen molar-refractivity contribution in [1.29, 1.82) is 0 Å². The first-order valence-electron chi connectivity index (χ1n) is 8.63. The second-order valence-corrected chi connectivity index (χ2v) is 6.35. The number of hydrogen-bond donors (Lipinski definition) is 3. The summed E-state index contributed by atoms with van der Waals surface area (Å²) in [6.07, 6.45) is 0. The number of hydrogen-bond acceptors (Lipinski definition) is 7. The first-order chi connectivity index (χ1) is 14.4. The molecule has 0 radical (unpaired) electrons. The number of nitro groups is 1. The van der Waals surface area contributed by atoms with Gasteiger partial charge in [0.05, 0.1) is 34.4 Å². The Kier molecular flexibility index (Phi) is 4.51. The van der Waals surface area contributed by atoms with Crippen molar-refractivity contribution in [3.05, 3.63) is 64.2 Å². The van der Waals surface area contributed by atoms with Crippen LogP contribution < -0.4 is 4.74 Å². The number of H-pyrrole nitrogens is 1. The zero-order chi connectivity index (χ0) is 21.4. The highest BCUT2D eigenvalue weighted by Gasteiger charge is 2.20. The molecule has 0 amide bonds. The molecule has 0 aliphatic rings. The number of fused-ring (bicyclic) bond motifs is 1. The van der Waals surface area contributed by atoms with Crippen molar-refractivity contribution in [3.63, 3.8) is 0 Å². The molecular weight excluding hydrogens is 392 g/mol. The highest BCUT2D eigenvalue weighted by Crippen LogP contribution is 2.35. The van der Waals surface area contributed by atoms with Gasteiger partial charge >= 0.3 is 5.97 Å². The van der Waals surface area contributed by atoms with Crippen LogP contribution >= 0.6 is 0 Å². The van der Waals surface area contributed by atoms with Crippen LogP contribution in [0.15, 0.2) is 48.5 Å². The van der Waals surface area contributed by atoms with Crippen molar-refractivity contribution in [1.82, 2.24) is 15.2 Å². The predicted octanol–water partition coefficient (Wildman–Crippen LogP) is 3.61. The van der Waals surface area contributed by atoms with Gasteiger partial charge in [-0.3, -0.25) is 15.2 Å². The number of benzene rings is 2. The molecule has 0 bridgehead atoms. The number of nitrogens with one attached hydrogen (secondary N) is 1. The SMILES string of the molecule is COc1cc(-c2cc(C(=O)O)c3c(-c4ccc([N+](=O)[O-])cc4)[nH]nc3n2)ccc1O. The van der Waals surface area contributed by atoms with E-state index in [0.717, 1.165) is 0 Å². The number of nitrogens with zero attached hydrogens (tertiary/aromatic N) is 3. The molecule has 0 saturated carbocycles. The zero-order valence-electron chi connectivity index (χ0n) is 15.5. The van der Waals surface area contributed by atoms with Gasteiger partial charge in [0.2, 0.25) is 0 Å². The number of aromatic hydroxyl groups is 1. The molecule has 4 rings (SSSR count). The highest BCUT2D eigenvalue weighted by atomic mass is 16.6. The van der Waals surface area contributed by atoms with E-state index in [0.29, 0.717) is 22.5 Å². The Bertz CT molecular complexity index is 1300. The monoisotopic (exact) mass is 406 g/mol. The number of non-ortho nitro benzene ring substituents is 1. The topological polar surface area (TPSA) is 151 Å². The molecule has 10 nitrogen and oxygen atoms in total. The summed E-state index contributed by atoms with van der Waals surface area (Å²) in [6.45, 7) is 0. The molecule has 4 aromatic rings. The van der Waals surface area contributed by atoms with Crippen molar-refractivity contribution in [3.8, 4) is 34.0 Å². The van der Waals surface area contributed by atoms with Gasteiger partial charge in [0, 0.05) is 23.3 Å². The fourth-order valence-corrected chi connectivity index (χ4v) is 3.14. The number of carbonyl (C=O) groups is 1. The lowest BCUT2D eigenvalue weighted by molar-refractivity contribution is -0.384. The summed E-state index contributed by atoms with van der Waals surface area (Å²) >= 11 is 0. The minimum atomic E-state index is -1.18. The van der Waals surface area contributed by atoms with E-state index in [1.165, 1.54) is 43.5 Å². The molecule has 2 heterocycles. The third-order valence-electron chi connectivity index (χ3n) is 4.60. The summed E-state index contributed by atoms with van der Waals surface area (Å²) < 4.78 is 5.10. The van der Waals surface area contributed by atoms with E-state index in [-0.39, 0.29) is 33.8 Å². The van der Waals surface area contributed by atoms with E-state index in [1.54, 1.807) is 12.1 Å². The number of methoxy groups -OCH3 is 1.